The molecule has 1 aromatic carbocycles. The number of benzene rings is 1. The van der Waals surface area contributed by atoms with Gasteiger partial charge in [-0.2, -0.15) is 0 Å². The van der Waals surface area contributed by atoms with Crippen LogP contribution in [0.25, 0.3) is 11.4 Å². The summed E-state index contributed by atoms with van der Waals surface area (Å²) in [7, 11) is 0.783. The van der Waals surface area contributed by atoms with Crippen molar-refractivity contribution in [1.29, 1.82) is 0 Å². The van der Waals surface area contributed by atoms with Crippen LogP contribution >= 0.6 is 0 Å². The summed E-state index contributed by atoms with van der Waals surface area (Å²) in [4.78, 5) is 21.3. The van der Waals surface area contributed by atoms with Crippen molar-refractivity contribution < 1.29 is 28.7 Å². The zero-order chi connectivity index (χ0) is 21.5. The van der Waals surface area contributed by atoms with E-state index in [2.05, 4.69) is 4.98 Å². The Morgan fingerprint density at radius 3 is 2.77 bits per heavy atom. The van der Waals surface area contributed by atoms with Gasteiger partial charge in [-0.15, -0.1) is 0 Å². The number of aromatic nitrogens is 2. The number of nitrogens with zero attached hydrogens (tertiary/aromatic N) is 2. The van der Waals surface area contributed by atoms with Gasteiger partial charge in [0.25, 0.3) is 0 Å². The maximum Gasteiger partial charge on any atom is 0.454 e. The largest absolute Gasteiger partial charge is 0.493 e. The number of rotatable bonds is 9. The molecular weight excluding hydrogens is 387 g/mol. The van der Waals surface area contributed by atoms with Crippen LogP contribution in [0.2, 0.25) is 6.32 Å². The smallest absolute Gasteiger partial charge is 0.454 e. The number of carbonyl (C=O) groups excluding carboxylic acids is 1. The van der Waals surface area contributed by atoms with E-state index in [0.29, 0.717) is 49.2 Å². The van der Waals surface area contributed by atoms with Gasteiger partial charge in [-0.25, -0.2) is 9.97 Å². The first kappa shape index (κ1) is 22.0. The van der Waals surface area contributed by atoms with Gasteiger partial charge in [-0.05, 0) is 43.9 Å². The summed E-state index contributed by atoms with van der Waals surface area (Å²) >= 11 is 0. The molecule has 1 saturated heterocycles. The van der Waals surface area contributed by atoms with E-state index >= 15 is 0 Å². The minimum absolute atomic E-state index is 0.0435. The number of methoxy groups -OCH3 is 1. The van der Waals surface area contributed by atoms with Crippen molar-refractivity contribution in [3.63, 3.8) is 0 Å². The average Bonchev–Trinajstić information content (AvgIpc) is 3.18. The Labute approximate surface area is 176 Å². The molecule has 2 heterocycles. The first-order chi connectivity index (χ1) is 14.5. The van der Waals surface area contributed by atoms with E-state index < -0.39 is 7.12 Å². The second kappa shape index (κ2) is 10.4. The number of hydrogen-bond acceptors (Lipinski definition) is 8. The maximum atomic E-state index is 12.0. The van der Waals surface area contributed by atoms with E-state index in [1.807, 2.05) is 25.1 Å². The lowest BCUT2D eigenvalue weighted by Gasteiger charge is -2.14. The fourth-order valence-corrected chi connectivity index (χ4v) is 3.26. The van der Waals surface area contributed by atoms with Crippen molar-refractivity contribution in [2.75, 3.05) is 26.9 Å². The predicted octanol–water partition coefficient (Wildman–Crippen LogP) is 2.64. The van der Waals surface area contributed by atoms with Gasteiger partial charge in [-0.1, -0.05) is 6.92 Å². The normalized spacial score (nSPS) is 15.9. The molecule has 0 bridgehead atoms. The van der Waals surface area contributed by atoms with E-state index in [0.717, 1.165) is 17.7 Å². The molecule has 0 radical (unpaired) electrons. The lowest BCUT2D eigenvalue weighted by atomic mass is 9.81. The third-order valence-electron chi connectivity index (χ3n) is 4.71. The summed E-state index contributed by atoms with van der Waals surface area (Å²) in [6, 6.07) is 7.28. The summed E-state index contributed by atoms with van der Waals surface area (Å²) in [5.41, 5.74) is 2.03. The van der Waals surface area contributed by atoms with Crippen molar-refractivity contribution in [1.82, 2.24) is 9.97 Å². The molecule has 1 aromatic heterocycles. The fourth-order valence-electron chi connectivity index (χ4n) is 3.26. The monoisotopic (exact) mass is 414 g/mol. The van der Waals surface area contributed by atoms with E-state index in [4.69, 9.17) is 23.8 Å². The molecule has 160 valence electrons. The first-order valence-electron chi connectivity index (χ1n) is 10.2. The van der Waals surface area contributed by atoms with Gasteiger partial charge in [0.1, 0.15) is 0 Å². The summed E-state index contributed by atoms with van der Waals surface area (Å²) in [5.74, 6) is 1.28. The Morgan fingerprint density at radius 2 is 2.10 bits per heavy atom. The second-order valence-corrected chi connectivity index (χ2v) is 7.02. The molecule has 0 unspecified atom stereocenters. The topological polar surface area (TPSA) is 100 Å². The molecule has 0 spiro atoms. The van der Waals surface area contributed by atoms with Crippen LogP contribution in [0.15, 0.2) is 24.3 Å². The molecule has 9 heteroatoms. The van der Waals surface area contributed by atoms with Crippen LogP contribution in [0.5, 0.6) is 11.5 Å². The third-order valence-corrected chi connectivity index (χ3v) is 4.71. The predicted molar refractivity (Wildman–Crippen MR) is 112 cm³/mol. The SMILES string of the molecule is CCCOc1cc(-c2nc(CC(=O)OCC)cc([C@H]3COB(O)C3)n2)ccc1OC. The van der Waals surface area contributed by atoms with Gasteiger partial charge in [0.15, 0.2) is 17.3 Å². The van der Waals surface area contributed by atoms with Crippen LogP contribution in [0.3, 0.4) is 0 Å². The molecular formula is C21H27BN2O6. The summed E-state index contributed by atoms with van der Waals surface area (Å²) in [6.07, 6.45) is 1.36. The highest BCUT2D eigenvalue weighted by atomic mass is 16.5. The van der Waals surface area contributed by atoms with Gasteiger partial charge in [0.05, 0.1) is 32.4 Å². The van der Waals surface area contributed by atoms with Gasteiger partial charge in [0, 0.05) is 23.8 Å². The third kappa shape index (κ3) is 5.49. The van der Waals surface area contributed by atoms with Crippen LogP contribution < -0.4 is 9.47 Å². The van der Waals surface area contributed by atoms with Crippen LogP contribution in [0.1, 0.15) is 37.6 Å². The van der Waals surface area contributed by atoms with E-state index in [9.17, 15) is 9.82 Å². The Balaban J connectivity index is 1.98. The lowest BCUT2D eigenvalue weighted by molar-refractivity contribution is -0.142. The van der Waals surface area contributed by atoms with Gasteiger partial charge in [-0.3, -0.25) is 4.79 Å². The minimum atomic E-state index is -0.808. The Morgan fingerprint density at radius 1 is 1.27 bits per heavy atom. The highest BCUT2D eigenvalue weighted by Crippen LogP contribution is 2.33. The van der Waals surface area contributed by atoms with E-state index in [1.165, 1.54) is 0 Å². The van der Waals surface area contributed by atoms with Gasteiger partial charge in [0.2, 0.25) is 0 Å². The number of hydrogen-bond donors (Lipinski definition) is 1. The molecule has 1 N–H and O–H groups in total. The molecule has 2 aromatic rings. The standard InChI is InChI=1S/C21H27BN2O6/c1-4-8-29-19-9-14(6-7-18(19)27-3)21-23-16(11-20(25)28-5-2)10-17(24-21)15-12-22(26)30-13-15/h6-7,9-10,15,26H,4-5,8,11-13H2,1-3H3/t15-/m1/s1. The minimum Gasteiger partial charge on any atom is -0.493 e. The summed E-state index contributed by atoms with van der Waals surface area (Å²) in [5, 5.41) is 9.74. The first-order valence-corrected chi connectivity index (χ1v) is 10.2. The molecule has 1 aliphatic heterocycles. The number of carbonyl (C=O) groups is 1. The highest BCUT2D eigenvalue weighted by Gasteiger charge is 2.31. The quantitative estimate of drug-likeness (QED) is 0.494. The highest BCUT2D eigenvalue weighted by molar-refractivity contribution is 6.43. The second-order valence-electron chi connectivity index (χ2n) is 7.02. The molecule has 3 rings (SSSR count). The fraction of sp³-hybridized carbons (Fsp3) is 0.476. The van der Waals surface area contributed by atoms with E-state index in [-0.39, 0.29) is 18.3 Å². The maximum absolute atomic E-state index is 12.0. The molecule has 0 saturated carbocycles. The number of ether oxygens (including phenoxy) is 3. The molecule has 0 amide bonds. The Kier molecular flexibility index (Phi) is 7.65. The zero-order valence-electron chi connectivity index (χ0n) is 17.6. The lowest BCUT2D eigenvalue weighted by Crippen LogP contribution is -2.12. The zero-order valence-corrected chi connectivity index (χ0v) is 17.6. The van der Waals surface area contributed by atoms with Gasteiger partial charge >= 0.3 is 13.1 Å². The number of esters is 1. The molecule has 1 atom stereocenters. The summed E-state index contributed by atoms with van der Waals surface area (Å²) in [6.45, 7) is 5.03. The van der Waals surface area contributed by atoms with Crippen molar-refractivity contribution in [3.05, 3.63) is 35.7 Å². The average molecular weight is 414 g/mol. The van der Waals surface area contributed by atoms with Crippen molar-refractivity contribution in [2.24, 2.45) is 0 Å². The van der Waals surface area contributed by atoms with Crippen molar-refractivity contribution in [2.45, 2.75) is 38.9 Å². The van der Waals surface area contributed by atoms with Crippen LogP contribution in [-0.2, 0) is 20.6 Å². The molecule has 1 fully saturated rings. The Hall–Kier alpha value is -2.65. The molecule has 0 aliphatic carbocycles. The van der Waals surface area contributed by atoms with Crippen molar-refractivity contribution >= 4 is 13.1 Å². The summed E-state index contributed by atoms with van der Waals surface area (Å²) < 4.78 is 21.5. The van der Waals surface area contributed by atoms with Gasteiger partial charge < -0.3 is 23.9 Å². The molecule has 8 nitrogen and oxygen atoms in total. The Bertz CT molecular complexity index is 879. The van der Waals surface area contributed by atoms with Crippen molar-refractivity contribution in [3.8, 4) is 22.9 Å². The van der Waals surface area contributed by atoms with Crippen LogP contribution in [0.4, 0.5) is 0 Å². The van der Waals surface area contributed by atoms with Crippen LogP contribution in [-0.4, -0.2) is 55.0 Å². The van der Waals surface area contributed by atoms with E-state index in [1.54, 1.807) is 20.1 Å². The molecule has 30 heavy (non-hydrogen) atoms. The van der Waals surface area contributed by atoms with Crippen LogP contribution in [0, 0.1) is 0 Å². The molecule has 1 aliphatic rings.